The molecule has 0 saturated carbocycles. The van der Waals surface area contributed by atoms with Gasteiger partial charge in [0, 0.05) is 67.0 Å². The minimum atomic E-state index is -0.761. The van der Waals surface area contributed by atoms with E-state index >= 15 is 4.39 Å². The first-order valence-electron chi connectivity index (χ1n) is 29.4. The molecule has 1 aliphatic rings. The third kappa shape index (κ3) is 17.2. The number of aromatic amines is 1. The third-order valence-corrected chi connectivity index (χ3v) is 17.8. The number of esters is 3. The maximum absolute atomic E-state index is 15.2. The van der Waals surface area contributed by atoms with Crippen molar-refractivity contribution in [2.24, 2.45) is 0 Å². The smallest absolute Gasteiger partial charge is 0.461 e. The highest BCUT2D eigenvalue weighted by Crippen LogP contribution is 2.38. The predicted octanol–water partition coefficient (Wildman–Crippen LogP) is 14.5. The van der Waals surface area contributed by atoms with Crippen molar-refractivity contribution in [1.82, 2.24) is 29.8 Å². The Labute approximate surface area is 562 Å². The van der Waals surface area contributed by atoms with Crippen molar-refractivity contribution >= 4 is 111 Å². The molecule has 1 aliphatic heterocycles. The molecule has 6 aromatic carbocycles. The van der Waals surface area contributed by atoms with Crippen LogP contribution in [0.15, 0.2) is 137 Å². The Morgan fingerprint density at radius 3 is 1.27 bits per heavy atom. The van der Waals surface area contributed by atoms with Crippen LogP contribution in [0.4, 0.5) is 13.2 Å². The number of halogens is 6. The second kappa shape index (κ2) is 28.9. The molecule has 0 unspecified atom stereocenters. The number of fused-ring (bicyclic) bond motifs is 3. The SMILES string of the molecule is CC(=O)OCc1c(B2OC(C)(C)C(C)(C)O2)cccc1-n1ncc2cc(C(C)(C)C)cc(F)c2c1=O.CC(=O)OCc1c(Br)cccc1-n1ncc2cc(C(C)(C)C)cc(F)c2c1=O.CC(=O)OCc1c(Br)cccc1Br.CC(C)(C)c1cc(F)c2c(=O)[nH]ncc2c1. The van der Waals surface area contributed by atoms with Crippen molar-refractivity contribution < 1.29 is 51.1 Å². The Morgan fingerprint density at radius 1 is 0.516 bits per heavy atom. The zero-order chi connectivity index (χ0) is 69.0. The fraction of sp³-hybridized carbons (Fsp3) is 0.348. The van der Waals surface area contributed by atoms with E-state index in [1.54, 1.807) is 54.6 Å². The number of carbonyl (C=O) groups is 3. The molecular formula is C69H73BBr3F3N6O11. The average molecular weight is 1470 g/mol. The number of hydrogen-bond acceptors (Lipinski definition) is 14. The minimum Gasteiger partial charge on any atom is -0.461 e. The van der Waals surface area contributed by atoms with Crippen LogP contribution in [-0.4, -0.2) is 66.0 Å². The first-order valence-corrected chi connectivity index (χ1v) is 31.8. The fourth-order valence-electron chi connectivity index (χ4n) is 9.51. The lowest BCUT2D eigenvalue weighted by atomic mass is 9.75. The van der Waals surface area contributed by atoms with E-state index in [1.807, 2.05) is 108 Å². The highest BCUT2D eigenvalue weighted by atomic mass is 79.9. The molecule has 10 rings (SSSR count). The Balaban J connectivity index is 0.000000189. The molecular weight excluding hydrogens is 1400 g/mol. The van der Waals surface area contributed by atoms with Crippen molar-refractivity contribution in [3.05, 3.63) is 205 Å². The summed E-state index contributed by atoms with van der Waals surface area (Å²) < 4.78 is 76.4. The van der Waals surface area contributed by atoms with E-state index in [1.165, 1.54) is 57.6 Å². The van der Waals surface area contributed by atoms with Gasteiger partial charge in [0.1, 0.15) is 37.3 Å². The van der Waals surface area contributed by atoms with Gasteiger partial charge in [-0.3, -0.25) is 28.8 Å². The molecule has 0 radical (unpaired) electrons. The van der Waals surface area contributed by atoms with Gasteiger partial charge in [0.25, 0.3) is 16.7 Å². The Bertz CT molecular complexity index is 4500. The van der Waals surface area contributed by atoms with Gasteiger partial charge in [-0.15, -0.1) is 0 Å². The number of carbonyl (C=O) groups excluding carboxylic acids is 3. The summed E-state index contributed by atoms with van der Waals surface area (Å²) in [5.74, 6) is -2.89. The first kappa shape index (κ1) is 72.8. The van der Waals surface area contributed by atoms with Crippen LogP contribution in [0.1, 0.15) is 144 Å². The lowest BCUT2D eigenvalue weighted by Crippen LogP contribution is -2.41. The molecule has 0 spiro atoms. The molecule has 490 valence electrons. The number of aromatic nitrogens is 6. The largest absolute Gasteiger partial charge is 0.495 e. The Morgan fingerprint density at radius 2 is 0.860 bits per heavy atom. The zero-order valence-electron chi connectivity index (χ0n) is 54.6. The van der Waals surface area contributed by atoms with Crippen LogP contribution < -0.4 is 22.1 Å². The molecule has 17 nitrogen and oxygen atoms in total. The van der Waals surface area contributed by atoms with Gasteiger partial charge in [-0.05, 0) is 133 Å². The summed E-state index contributed by atoms with van der Waals surface area (Å²) in [7, 11) is -0.761. The zero-order valence-corrected chi connectivity index (χ0v) is 59.3. The summed E-state index contributed by atoms with van der Waals surface area (Å²) in [6.45, 7) is 29.7. The standard InChI is InChI=1S/C27H32BFN2O5.C21H20BrFN2O3.C12H13FN2O.C9H8Br2O2/c1-16(32)34-15-19-20(28-35-26(5,6)27(7,8)36-28)10-9-11-22(19)31-24(33)23-17(14-30-31)12-18(13-21(23)29)25(2,3)4;1-12(26)28-11-15-16(22)6-5-7-18(15)25-20(27)19-13(10-24-25)8-14(9-17(19)23)21(2,3)4;1-12(2,3)8-4-7-6-14-15-11(16)10(7)9(13)5-8;1-6(12)13-5-7-8(10)3-2-4-9(7)11/h9-14H,15H2,1-8H3;5-10H,11H2,1-4H3;4-6H,1-3H3,(H,15,16);2-4H,5H2,1H3. The molecule has 0 amide bonds. The number of H-pyrrole nitrogens is 1. The molecule has 9 aromatic rings. The van der Waals surface area contributed by atoms with Crippen LogP contribution >= 0.6 is 47.8 Å². The van der Waals surface area contributed by atoms with Gasteiger partial charge in [-0.25, -0.2) is 18.3 Å². The van der Waals surface area contributed by atoms with Gasteiger partial charge >= 0.3 is 25.0 Å². The molecule has 1 saturated heterocycles. The first-order chi connectivity index (χ1) is 43.2. The Kier molecular flexibility index (Phi) is 22.6. The molecule has 0 aliphatic carbocycles. The lowest BCUT2D eigenvalue weighted by Gasteiger charge is -2.32. The van der Waals surface area contributed by atoms with Crippen LogP contribution in [0.5, 0.6) is 0 Å². The van der Waals surface area contributed by atoms with Gasteiger partial charge in [0.05, 0.1) is 57.3 Å². The highest BCUT2D eigenvalue weighted by molar-refractivity contribution is 9.11. The van der Waals surface area contributed by atoms with E-state index in [2.05, 4.69) is 68.2 Å². The quantitative estimate of drug-likeness (QED) is 0.0809. The summed E-state index contributed by atoms with van der Waals surface area (Å²) in [5, 5.41) is 15.9. The maximum atomic E-state index is 15.2. The average Bonchev–Trinajstić information content (AvgIpc) is 1.76. The number of nitrogens with zero attached hydrogens (tertiary/aromatic N) is 5. The van der Waals surface area contributed by atoms with E-state index in [0.29, 0.717) is 48.6 Å². The lowest BCUT2D eigenvalue weighted by molar-refractivity contribution is -0.143. The molecule has 3 aromatic heterocycles. The van der Waals surface area contributed by atoms with Crippen LogP contribution in [-0.2, 0) is 74.0 Å². The number of nitrogens with one attached hydrogen (secondary N) is 1. The summed E-state index contributed by atoms with van der Waals surface area (Å²) in [6.07, 6.45) is 4.42. The summed E-state index contributed by atoms with van der Waals surface area (Å²) >= 11 is 10.2. The van der Waals surface area contributed by atoms with Crippen molar-refractivity contribution in [1.29, 1.82) is 0 Å². The molecule has 1 N–H and O–H groups in total. The van der Waals surface area contributed by atoms with E-state index in [4.69, 9.17) is 23.5 Å². The minimum absolute atomic E-state index is 0.0265. The number of rotatable bonds is 9. The molecule has 1 fully saturated rings. The van der Waals surface area contributed by atoms with Crippen LogP contribution in [0.25, 0.3) is 43.7 Å². The second-order valence-corrected chi connectivity index (χ2v) is 28.7. The summed E-state index contributed by atoms with van der Waals surface area (Å²) in [6, 6.07) is 25.7. The van der Waals surface area contributed by atoms with E-state index < -0.39 is 64.4 Å². The van der Waals surface area contributed by atoms with Gasteiger partial charge < -0.3 is 23.5 Å². The predicted molar refractivity (Wildman–Crippen MR) is 365 cm³/mol. The van der Waals surface area contributed by atoms with Crippen LogP contribution in [0.3, 0.4) is 0 Å². The fourth-order valence-corrected chi connectivity index (χ4v) is 11.2. The topological polar surface area (TPSA) is 213 Å². The molecule has 93 heavy (non-hydrogen) atoms. The number of benzene rings is 6. The number of ether oxygens (including phenoxy) is 3. The molecule has 24 heteroatoms. The van der Waals surface area contributed by atoms with E-state index in [-0.39, 0.29) is 58.2 Å². The monoisotopic (exact) mass is 1470 g/mol. The van der Waals surface area contributed by atoms with Gasteiger partial charge in [0.2, 0.25) is 0 Å². The van der Waals surface area contributed by atoms with Gasteiger partial charge in [0.15, 0.2) is 0 Å². The normalized spacial score (nSPS) is 13.5. The summed E-state index contributed by atoms with van der Waals surface area (Å²) in [5.41, 5.74) is 2.21. The van der Waals surface area contributed by atoms with E-state index in [9.17, 15) is 37.5 Å². The van der Waals surface area contributed by atoms with Gasteiger partial charge in [-0.1, -0.05) is 134 Å². The van der Waals surface area contributed by atoms with Crippen molar-refractivity contribution in [2.45, 2.75) is 158 Å². The van der Waals surface area contributed by atoms with Gasteiger partial charge in [-0.2, -0.15) is 24.7 Å². The Hall–Kier alpha value is -7.64. The van der Waals surface area contributed by atoms with Crippen molar-refractivity contribution in [3.63, 3.8) is 0 Å². The highest BCUT2D eigenvalue weighted by Gasteiger charge is 2.52. The molecule has 4 heterocycles. The van der Waals surface area contributed by atoms with Crippen LogP contribution in [0.2, 0.25) is 0 Å². The molecule has 0 atom stereocenters. The third-order valence-electron chi connectivity index (χ3n) is 15.6. The maximum Gasteiger partial charge on any atom is 0.495 e. The summed E-state index contributed by atoms with van der Waals surface area (Å²) in [4.78, 5) is 71.5. The molecule has 0 bridgehead atoms. The second-order valence-electron chi connectivity index (χ2n) is 26.2. The van der Waals surface area contributed by atoms with E-state index in [0.717, 1.165) is 40.6 Å². The van der Waals surface area contributed by atoms with Crippen molar-refractivity contribution in [2.75, 3.05) is 0 Å². The number of hydrogen-bond donors (Lipinski definition) is 1. The van der Waals surface area contributed by atoms with Crippen LogP contribution in [0, 0.1) is 17.5 Å². The van der Waals surface area contributed by atoms with Crippen molar-refractivity contribution in [3.8, 4) is 11.4 Å².